The van der Waals surface area contributed by atoms with Gasteiger partial charge in [-0.2, -0.15) is 5.26 Å². The Labute approximate surface area is 114 Å². The summed E-state index contributed by atoms with van der Waals surface area (Å²) in [5.41, 5.74) is 3.46. The van der Waals surface area contributed by atoms with Crippen LogP contribution in [-0.4, -0.2) is 18.5 Å². The summed E-state index contributed by atoms with van der Waals surface area (Å²) in [7, 11) is 0. The third-order valence-corrected chi connectivity index (χ3v) is 3.09. The lowest BCUT2D eigenvalue weighted by Gasteiger charge is -2.19. The largest absolute Gasteiger partial charge is 0.373 e. The Morgan fingerprint density at radius 3 is 2.37 bits per heavy atom. The third kappa shape index (κ3) is 3.99. The van der Waals surface area contributed by atoms with Gasteiger partial charge in [-0.05, 0) is 30.9 Å². The number of carbonyl (C=O) groups excluding carboxylic acids is 1. The molecule has 0 aliphatic heterocycles. The highest BCUT2D eigenvalue weighted by Crippen LogP contribution is 2.23. The van der Waals surface area contributed by atoms with Gasteiger partial charge in [-0.3, -0.25) is 4.79 Å². The molecule has 4 nitrogen and oxygen atoms in total. The first-order valence-electron chi connectivity index (χ1n) is 6.65. The minimum Gasteiger partial charge on any atom is -0.373 e. The molecular formula is C15H21N3O. The summed E-state index contributed by atoms with van der Waals surface area (Å²) in [6.45, 7) is 6.04. The van der Waals surface area contributed by atoms with Gasteiger partial charge in [-0.15, -0.1) is 0 Å². The predicted octanol–water partition coefficient (Wildman–Crippen LogP) is 2.25. The van der Waals surface area contributed by atoms with Crippen LogP contribution >= 0.6 is 0 Å². The number of anilines is 1. The van der Waals surface area contributed by atoms with Gasteiger partial charge >= 0.3 is 0 Å². The molecule has 0 saturated heterocycles. The van der Waals surface area contributed by atoms with Gasteiger partial charge in [0.05, 0.1) is 6.07 Å². The van der Waals surface area contributed by atoms with Crippen LogP contribution < -0.4 is 10.6 Å². The number of rotatable bonds is 6. The second-order valence-corrected chi connectivity index (χ2v) is 4.40. The van der Waals surface area contributed by atoms with Crippen LogP contribution in [0.15, 0.2) is 18.2 Å². The van der Waals surface area contributed by atoms with Crippen molar-refractivity contribution in [3.8, 4) is 6.07 Å². The standard InChI is InChI=1S/C15H21N3O/c1-4-12-7-6-8-13(5-2)14(12)18-11(3)15(19)17-10-9-16/h6-8,11,18H,4-5,10H2,1-3H3,(H,17,19). The Morgan fingerprint density at radius 1 is 1.32 bits per heavy atom. The number of amides is 1. The third-order valence-electron chi connectivity index (χ3n) is 3.09. The summed E-state index contributed by atoms with van der Waals surface area (Å²) >= 11 is 0. The van der Waals surface area contributed by atoms with E-state index in [0.717, 1.165) is 18.5 Å². The molecule has 19 heavy (non-hydrogen) atoms. The molecule has 0 aliphatic rings. The second kappa shape index (κ2) is 7.42. The Bertz CT molecular complexity index is 455. The number of hydrogen-bond acceptors (Lipinski definition) is 3. The molecule has 0 saturated carbocycles. The van der Waals surface area contributed by atoms with E-state index in [2.05, 4.69) is 36.6 Å². The number of aryl methyl sites for hydroxylation is 2. The molecule has 4 heteroatoms. The molecule has 0 radical (unpaired) electrons. The summed E-state index contributed by atoms with van der Waals surface area (Å²) in [4.78, 5) is 11.8. The smallest absolute Gasteiger partial charge is 0.243 e. The predicted molar refractivity (Wildman–Crippen MR) is 76.9 cm³/mol. The van der Waals surface area contributed by atoms with Gasteiger partial charge in [-0.25, -0.2) is 0 Å². The number of benzene rings is 1. The Hall–Kier alpha value is -2.02. The van der Waals surface area contributed by atoms with Crippen LogP contribution in [-0.2, 0) is 17.6 Å². The first kappa shape index (κ1) is 15.0. The fraction of sp³-hybridized carbons (Fsp3) is 0.467. The molecule has 1 aromatic rings. The molecule has 0 aliphatic carbocycles. The Morgan fingerprint density at radius 2 is 1.89 bits per heavy atom. The maximum Gasteiger partial charge on any atom is 0.243 e. The summed E-state index contributed by atoms with van der Waals surface area (Å²) < 4.78 is 0. The summed E-state index contributed by atoms with van der Waals surface area (Å²) in [6.07, 6.45) is 1.84. The van der Waals surface area contributed by atoms with E-state index < -0.39 is 0 Å². The van der Waals surface area contributed by atoms with E-state index in [9.17, 15) is 4.79 Å². The molecule has 1 amide bonds. The van der Waals surface area contributed by atoms with E-state index in [1.165, 1.54) is 11.1 Å². The SMILES string of the molecule is CCc1cccc(CC)c1NC(C)C(=O)NCC#N. The van der Waals surface area contributed by atoms with Gasteiger partial charge in [0.25, 0.3) is 0 Å². The quantitative estimate of drug-likeness (QED) is 0.770. The van der Waals surface area contributed by atoms with Crippen molar-refractivity contribution in [2.24, 2.45) is 0 Å². The van der Waals surface area contributed by atoms with E-state index in [0.29, 0.717) is 0 Å². The fourth-order valence-electron chi connectivity index (χ4n) is 1.99. The zero-order valence-corrected chi connectivity index (χ0v) is 11.8. The zero-order chi connectivity index (χ0) is 14.3. The molecule has 1 unspecified atom stereocenters. The first-order valence-corrected chi connectivity index (χ1v) is 6.65. The van der Waals surface area contributed by atoms with Crippen LogP contribution in [0, 0.1) is 11.3 Å². The van der Waals surface area contributed by atoms with Crippen LogP contribution in [0.25, 0.3) is 0 Å². The average molecular weight is 259 g/mol. The molecule has 0 bridgehead atoms. The van der Waals surface area contributed by atoms with Gasteiger partial charge in [0, 0.05) is 5.69 Å². The van der Waals surface area contributed by atoms with Gasteiger partial charge in [0.15, 0.2) is 0 Å². The highest BCUT2D eigenvalue weighted by molar-refractivity contribution is 5.84. The van der Waals surface area contributed by atoms with Crippen LogP contribution in [0.4, 0.5) is 5.69 Å². The van der Waals surface area contributed by atoms with E-state index in [1.54, 1.807) is 6.92 Å². The minimum atomic E-state index is -0.355. The second-order valence-electron chi connectivity index (χ2n) is 4.40. The molecular weight excluding hydrogens is 238 g/mol. The minimum absolute atomic E-state index is 0.0426. The van der Waals surface area contributed by atoms with Crippen molar-refractivity contribution in [1.82, 2.24) is 5.32 Å². The molecule has 2 N–H and O–H groups in total. The number of nitrogens with zero attached hydrogens (tertiary/aromatic N) is 1. The first-order chi connectivity index (χ1) is 9.13. The van der Waals surface area contributed by atoms with Gasteiger partial charge in [0.1, 0.15) is 12.6 Å². The normalized spacial score (nSPS) is 11.5. The van der Waals surface area contributed by atoms with Crippen molar-refractivity contribution in [1.29, 1.82) is 5.26 Å². The van der Waals surface area contributed by atoms with E-state index in [1.807, 2.05) is 12.1 Å². The number of nitriles is 1. The van der Waals surface area contributed by atoms with Crippen molar-refractivity contribution in [2.75, 3.05) is 11.9 Å². The summed E-state index contributed by atoms with van der Waals surface area (Å²) in [5, 5.41) is 14.3. The zero-order valence-electron chi connectivity index (χ0n) is 11.8. The number of para-hydroxylation sites is 1. The van der Waals surface area contributed by atoms with Crippen LogP contribution in [0.1, 0.15) is 31.9 Å². The maximum absolute atomic E-state index is 11.8. The van der Waals surface area contributed by atoms with Gasteiger partial charge in [-0.1, -0.05) is 32.0 Å². The Balaban J connectivity index is 2.86. The Kier molecular flexibility index (Phi) is 5.87. The molecule has 102 valence electrons. The van der Waals surface area contributed by atoms with Crippen molar-refractivity contribution in [2.45, 2.75) is 39.7 Å². The van der Waals surface area contributed by atoms with E-state index >= 15 is 0 Å². The fourth-order valence-corrected chi connectivity index (χ4v) is 1.99. The molecule has 0 aromatic heterocycles. The molecule has 1 atom stereocenters. The monoisotopic (exact) mass is 259 g/mol. The van der Waals surface area contributed by atoms with Crippen molar-refractivity contribution in [3.63, 3.8) is 0 Å². The number of hydrogen-bond donors (Lipinski definition) is 2. The molecule has 0 spiro atoms. The van der Waals surface area contributed by atoms with Crippen molar-refractivity contribution >= 4 is 11.6 Å². The van der Waals surface area contributed by atoms with Crippen LogP contribution in [0.3, 0.4) is 0 Å². The molecule has 1 aromatic carbocycles. The van der Waals surface area contributed by atoms with Crippen LogP contribution in [0.2, 0.25) is 0 Å². The lowest BCUT2D eigenvalue weighted by Crippen LogP contribution is -2.38. The average Bonchev–Trinajstić information content (AvgIpc) is 2.44. The lowest BCUT2D eigenvalue weighted by atomic mass is 10.0. The van der Waals surface area contributed by atoms with Crippen molar-refractivity contribution < 1.29 is 4.79 Å². The van der Waals surface area contributed by atoms with Gasteiger partial charge < -0.3 is 10.6 Å². The highest BCUT2D eigenvalue weighted by Gasteiger charge is 2.15. The number of carbonyl (C=O) groups is 1. The van der Waals surface area contributed by atoms with E-state index in [-0.39, 0.29) is 18.5 Å². The van der Waals surface area contributed by atoms with Crippen LogP contribution in [0.5, 0.6) is 0 Å². The molecule has 1 rings (SSSR count). The summed E-state index contributed by atoms with van der Waals surface area (Å²) in [6, 6.07) is 7.73. The molecule has 0 heterocycles. The van der Waals surface area contributed by atoms with E-state index in [4.69, 9.17) is 5.26 Å². The highest BCUT2D eigenvalue weighted by atomic mass is 16.2. The van der Waals surface area contributed by atoms with Crippen molar-refractivity contribution in [3.05, 3.63) is 29.3 Å². The lowest BCUT2D eigenvalue weighted by molar-refractivity contribution is -0.121. The summed E-state index contributed by atoms with van der Waals surface area (Å²) in [5.74, 6) is -0.158. The topological polar surface area (TPSA) is 64.9 Å². The van der Waals surface area contributed by atoms with Gasteiger partial charge in [0.2, 0.25) is 5.91 Å². The molecule has 0 fully saturated rings. The number of nitrogens with one attached hydrogen (secondary N) is 2. The maximum atomic E-state index is 11.8.